The van der Waals surface area contributed by atoms with Crippen LogP contribution in [0, 0.1) is 0 Å². The maximum Gasteiger partial charge on any atom is 0.252 e. The van der Waals surface area contributed by atoms with Crippen molar-refractivity contribution in [1.82, 2.24) is 5.32 Å². The fraction of sp³-hybridized carbons (Fsp3) is 0.136. The van der Waals surface area contributed by atoms with Crippen LogP contribution >= 0.6 is 0 Å². The summed E-state index contributed by atoms with van der Waals surface area (Å²) in [6.45, 7) is 0.619. The number of rotatable bonds is 6. The van der Waals surface area contributed by atoms with Crippen molar-refractivity contribution < 1.29 is 9.90 Å². The summed E-state index contributed by atoms with van der Waals surface area (Å²) in [6.07, 6.45) is 0.650. The Hall–Kier alpha value is -2.91. The highest BCUT2D eigenvalue weighted by molar-refractivity contribution is 6.00. The molecule has 0 heterocycles. The Morgan fingerprint density at radius 3 is 2.16 bits per heavy atom. The second-order valence-electron chi connectivity index (χ2n) is 5.88. The van der Waals surface area contributed by atoms with Gasteiger partial charge in [0.25, 0.3) is 5.91 Å². The van der Waals surface area contributed by atoms with Crippen LogP contribution < -0.4 is 5.32 Å². The zero-order valence-corrected chi connectivity index (χ0v) is 14.0. The van der Waals surface area contributed by atoms with Gasteiger partial charge in [0.2, 0.25) is 0 Å². The minimum absolute atomic E-state index is 0.0844. The number of amides is 1. The summed E-state index contributed by atoms with van der Waals surface area (Å²) < 4.78 is 0. The molecule has 3 heteroatoms. The number of carbonyl (C=O) groups is 1. The normalized spacial score (nSPS) is 10.4. The predicted molar refractivity (Wildman–Crippen MR) is 100 cm³/mol. The molecule has 0 unspecified atom stereocenters. The number of hydrogen-bond donors (Lipinski definition) is 2. The summed E-state index contributed by atoms with van der Waals surface area (Å²) in [5.41, 5.74) is 4.75. The van der Waals surface area contributed by atoms with Gasteiger partial charge in [-0.3, -0.25) is 4.79 Å². The minimum atomic E-state index is -0.0844. The molecule has 0 saturated carbocycles. The third-order valence-corrected chi connectivity index (χ3v) is 4.13. The third-order valence-electron chi connectivity index (χ3n) is 4.13. The lowest BCUT2D eigenvalue weighted by Gasteiger charge is -2.11. The van der Waals surface area contributed by atoms with Crippen LogP contribution in [0.3, 0.4) is 0 Å². The van der Waals surface area contributed by atoms with Gasteiger partial charge in [0, 0.05) is 18.7 Å². The number of aliphatic hydroxyl groups excluding tert-OH is 1. The van der Waals surface area contributed by atoms with Crippen molar-refractivity contribution >= 4 is 5.91 Å². The molecular formula is C22H21NO2. The van der Waals surface area contributed by atoms with E-state index in [0.29, 0.717) is 18.5 Å². The van der Waals surface area contributed by atoms with E-state index in [1.54, 1.807) is 0 Å². The maximum absolute atomic E-state index is 12.6. The van der Waals surface area contributed by atoms with Crippen molar-refractivity contribution in [3.05, 3.63) is 95.6 Å². The van der Waals surface area contributed by atoms with E-state index in [1.165, 1.54) is 0 Å². The third kappa shape index (κ3) is 4.34. The van der Waals surface area contributed by atoms with Crippen molar-refractivity contribution in [3.8, 4) is 11.1 Å². The van der Waals surface area contributed by atoms with E-state index in [4.69, 9.17) is 5.11 Å². The van der Waals surface area contributed by atoms with Gasteiger partial charge in [-0.15, -0.1) is 0 Å². The molecule has 3 aromatic rings. The van der Waals surface area contributed by atoms with Crippen molar-refractivity contribution in [3.63, 3.8) is 0 Å². The van der Waals surface area contributed by atoms with Crippen LogP contribution in [0.4, 0.5) is 0 Å². The molecule has 0 saturated heterocycles. The number of aliphatic hydroxyl groups is 1. The molecule has 0 bridgehead atoms. The molecule has 0 aliphatic rings. The molecular weight excluding hydrogens is 310 g/mol. The lowest BCUT2D eigenvalue weighted by molar-refractivity contribution is 0.0951. The first-order valence-corrected chi connectivity index (χ1v) is 8.39. The Labute approximate surface area is 148 Å². The fourth-order valence-electron chi connectivity index (χ4n) is 2.78. The highest BCUT2D eigenvalue weighted by atomic mass is 16.2. The second kappa shape index (κ2) is 8.27. The first-order chi connectivity index (χ1) is 12.3. The average Bonchev–Trinajstić information content (AvgIpc) is 2.68. The molecule has 0 aliphatic heterocycles. The molecule has 3 nitrogen and oxygen atoms in total. The molecule has 0 spiro atoms. The topological polar surface area (TPSA) is 49.3 Å². The first-order valence-electron chi connectivity index (χ1n) is 8.39. The Bertz CT molecular complexity index is 826. The Balaban J connectivity index is 1.72. The van der Waals surface area contributed by atoms with Gasteiger partial charge in [-0.25, -0.2) is 0 Å². The summed E-state index contributed by atoms with van der Waals surface area (Å²) in [4.78, 5) is 12.6. The van der Waals surface area contributed by atoms with Crippen LogP contribution in [0.15, 0.2) is 78.9 Å². The number of hydrogen-bond acceptors (Lipinski definition) is 2. The SMILES string of the molecule is O=C(NCc1ccc(CCO)cc1)c1ccccc1-c1ccccc1. The smallest absolute Gasteiger partial charge is 0.252 e. The lowest BCUT2D eigenvalue weighted by atomic mass is 9.99. The highest BCUT2D eigenvalue weighted by Crippen LogP contribution is 2.23. The van der Waals surface area contributed by atoms with E-state index >= 15 is 0 Å². The van der Waals surface area contributed by atoms with Gasteiger partial charge >= 0.3 is 0 Å². The molecule has 0 aliphatic carbocycles. The summed E-state index contributed by atoms with van der Waals surface area (Å²) >= 11 is 0. The van der Waals surface area contributed by atoms with Gasteiger partial charge in [0.1, 0.15) is 0 Å². The average molecular weight is 331 g/mol. The summed E-state index contributed by atoms with van der Waals surface area (Å²) in [7, 11) is 0. The van der Waals surface area contributed by atoms with Crippen molar-refractivity contribution in [2.45, 2.75) is 13.0 Å². The molecule has 126 valence electrons. The number of carbonyl (C=O) groups excluding carboxylic acids is 1. The van der Waals surface area contributed by atoms with E-state index in [-0.39, 0.29) is 12.5 Å². The van der Waals surface area contributed by atoms with Crippen molar-refractivity contribution in [1.29, 1.82) is 0 Å². The fourth-order valence-corrected chi connectivity index (χ4v) is 2.78. The standard InChI is InChI=1S/C22H21NO2/c24-15-14-17-10-12-18(13-11-17)16-23-22(25)21-9-5-4-8-20(21)19-6-2-1-3-7-19/h1-13,24H,14-16H2,(H,23,25). The van der Waals surface area contributed by atoms with Crippen LogP contribution in [-0.4, -0.2) is 17.6 Å². The van der Waals surface area contributed by atoms with Gasteiger partial charge in [0.05, 0.1) is 0 Å². The first kappa shape index (κ1) is 16.9. The molecule has 0 radical (unpaired) electrons. The van der Waals surface area contributed by atoms with E-state index in [9.17, 15) is 4.79 Å². The molecule has 0 aromatic heterocycles. The summed E-state index contributed by atoms with van der Waals surface area (Å²) in [5.74, 6) is -0.0844. The second-order valence-corrected chi connectivity index (χ2v) is 5.88. The molecule has 2 N–H and O–H groups in total. The van der Waals surface area contributed by atoms with Crippen LogP contribution in [0.5, 0.6) is 0 Å². The van der Waals surface area contributed by atoms with Crippen LogP contribution in [0.2, 0.25) is 0 Å². The summed E-state index contributed by atoms with van der Waals surface area (Å²) in [5, 5.41) is 11.9. The minimum Gasteiger partial charge on any atom is -0.396 e. The monoisotopic (exact) mass is 331 g/mol. The molecule has 25 heavy (non-hydrogen) atoms. The van der Waals surface area contributed by atoms with Gasteiger partial charge in [-0.2, -0.15) is 0 Å². The van der Waals surface area contributed by atoms with E-state index in [0.717, 1.165) is 22.3 Å². The van der Waals surface area contributed by atoms with Crippen molar-refractivity contribution in [2.24, 2.45) is 0 Å². The largest absolute Gasteiger partial charge is 0.396 e. The molecule has 0 fully saturated rings. The Morgan fingerprint density at radius 2 is 1.44 bits per heavy atom. The molecule has 3 aromatic carbocycles. The lowest BCUT2D eigenvalue weighted by Crippen LogP contribution is -2.23. The maximum atomic E-state index is 12.6. The predicted octanol–water partition coefficient (Wildman–Crippen LogP) is 3.82. The zero-order chi connectivity index (χ0) is 17.5. The van der Waals surface area contributed by atoms with E-state index in [2.05, 4.69) is 5.32 Å². The molecule has 1 amide bonds. The van der Waals surface area contributed by atoms with Gasteiger partial charge < -0.3 is 10.4 Å². The Morgan fingerprint density at radius 1 is 0.800 bits per heavy atom. The number of nitrogens with one attached hydrogen (secondary N) is 1. The van der Waals surface area contributed by atoms with Crippen LogP contribution in [0.25, 0.3) is 11.1 Å². The molecule has 0 atom stereocenters. The zero-order valence-electron chi connectivity index (χ0n) is 14.0. The van der Waals surface area contributed by atoms with Crippen LogP contribution in [0.1, 0.15) is 21.5 Å². The van der Waals surface area contributed by atoms with Gasteiger partial charge in [0.15, 0.2) is 0 Å². The molecule has 3 rings (SSSR count). The Kier molecular flexibility index (Phi) is 5.60. The van der Waals surface area contributed by atoms with Gasteiger partial charge in [-0.1, -0.05) is 72.8 Å². The van der Waals surface area contributed by atoms with E-state index in [1.807, 2.05) is 78.9 Å². The van der Waals surface area contributed by atoms with Crippen LogP contribution in [-0.2, 0) is 13.0 Å². The number of benzene rings is 3. The highest BCUT2D eigenvalue weighted by Gasteiger charge is 2.11. The van der Waals surface area contributed by atoms with Crippen molar-refractivity contribution in [2.75, 3.05) is 6.61 Å². The summed E-state index contributed by atoms with van der Waals surface area (Å²) in [6, 6.07) is 25.5. The van der Waals surface area contributed by atoms with E-state index < -0.39 is 0 Å². The van der Waals surface area contributed by atoms with Gasteiger partial charge in [-0.05, 0) is 34.7 Å². The quantitative estimate of drug-likeness (QED) is 0.721.